The van der Waals surface area contributed by atoms with Crippen molar-refractivity contribution >= 4 is 5.97 Å². The van der Waals surface area contributed by atoms with E-state index >= 15 is 0 Å². The molecule has 24 heavy (non-hydrogen) atoms. The molecule has 4 heteroatoms. The van der Waals surface area contributed by atoms with E-state index in [1.165, 1.54) is 32.1 Å². The first kappa shape index (κ1) is 19.5. The third-order valence-corrected chi connectivity index (χ3v) is 5.25. The minimum atomic E-state index is -0.711. The molecule has 0 aliphatic carbocycles. The minimum Gasteiger partial charge on any atom is -0.481 e. The van der Waals surface area contributed by atoms with E-state index in [9.17, 15) is 4.79 Å². The van der Waals surface area contributed by atoms with E-state index in [1.807, 2.05) is 0 Å². The number of allylic oxidation sites excluding steroid dienone is 2. The summed E-state index contributed by atoms with van der Waals surface area (Å²) in [7, 11) is 0. The minimum absolute atomic E-state index is 0.255. The van der Waals surface area contributed by atoms with Gasteiger partial charge >= 0.3 is 5.97 Å². The summed E-state index contributed by atoms with van der Waals surface area (Å²) < 4.78 is 12.3. The summed E-state index contributed by atoms with van der Waals surface area (Å²) in [5.74, 6) is -0.229. The van der Waals surface area contributed by atoms with Crippen molar-refractivity contribution in [1.82, 2.24) is 0 Å². The Labute approximate surface area is 146 Å². The van der Waals surface area contributed by atoms with Gasteiger partial charge in [0.15, 0.2) is 0 Å². The van der Waals surface area contributed by atoms with E-state index in [1.54, 1.807) is 0 Å². The topological polar surface area (TPSA) is 55.8 Å². The number of rotatable bonds is 13. The molecule has 1 N–H and O–H groups in total. The van der Waals surface area contributed by atoms with Crippen molar-refractivity contribution in [2.24, 2.45) is 5.92 Å². The van der Waals surface area contributed by atoms with Gasteiger partial charge in [0.1, 0.15) is 0 Å². The molecule has 0 spiro atoms. The highest BCUT2D eigenvalue weighted by Crippen LogP contribution is 2.42. The first-order chi connectivity index (χ1) is 11.7. The lowest BCUT2D eigenvalue weighted by Gasteiger charge is -2.27. The first-order valence-corrected chi connectivity index (χ1v) is 9.86. The van der Waals surface area contributed by atoms with Crippen LogP contribution in [-0.2, 0) is 14.3 Å². The second-order valence-corrected chi connectivity index (χ2v) is 7.20. The van der Waals surface area contributed by atoms with Crippen LogP contribution in [0.1, 0.15) is 77.6 Å². The Morgan fingerprint density at radius 2 is 1.92 bits per heavy atom. The van der Waals surface area contributed by atoms with E-state index in [2.05, 4.69) is 19.1 Å². The summed E-state index contributed by atoms with van der Waals surface area (Å²) in [5, 5.41) is 8.64. The van der Waals surface area contributed by atoms with Crippen LogP contribution in [-0.4, -0.2) is 36.0 Å². The molecule has 2 fully saturated rings. The lowest BCUT2D eigenvalue weighted by molar-refractivity contribution is -0.137. The fourth-order valence-corrected chi connectivity index (χ4v) is 3.92. The van der Waals surface area contributed by atoms with Gasteiger partial charge in [-0.25, -0.2) is 0 Å². The van der Waals surface area contributed by atoms with Gasteiger partial charge in [0.05, 0.1) is 18.3 Å². The van der Waals surface area contributed by atoms with Crippen LogP contribution in [0.2, 0.25) is 0 Å². The van der Waals surface area contributed by atoms with E-state index in [0.717, 1.165) is 38.7 Å². The molecule has 2 aliphatic rings. The van der Waals surface area contributed by atoms with Crippen LogP contribution in [0.15, 0.2) is 12.2 Å². The number of carboxylic acid groups (broad SMARTS) is 1. The van der Waals surface area contributed by atoms with Gasteiger partial charge in [-0.15, -0.1) is 0 Å². The number of aliphatic carboxylic acids is 1. The number of carboxylic acids is 1. The van der Waals surface area contributed by atoms with Gasteiger partial charge in [-0.2, -0.15) is 0 Å². The Hall–Kier alpha value is -0.870. The highest BCUT2D eigenvalue weighted by Gasteiger charge is 2.48. The average Bonchev–Trinajstić information content (AvgIpc) is 3.15. The Morgan fingerprint density at radius 3 is 2.71 bits per heavy atom. The Balaban J connectivity index is 1.65. The fourth-order valence-electron chi connectivity index (χ4n) is 3.92. The van der Waals surface area contributed by atoms with Gasteiger partial charge in [0.25, 0.3) is 0 Å². The molecule has 2 heterocycles. The average molecular weight is 338 g/mol. The van der Waals surface area contributed by atoms with Crippen LogP contribution in [0, 0.1) is 5.92 Å². The molecule has 2 bridgehead atoms. The number of unbranched alkanes of at least 4 members (excludes halogenated alkanes) is 5. The van der Waals surface area contributed by atoms with E-state index in [4.69, 9.17) is 14.6 Å². The van der Waals surface area contributed by atoms with Gasteiger partial charge in [-0.05, 0) is 38.5 Å². The molecule has 4 atom stereocenters. The maximum atomic E-state index is 10.5. The number of fused-ring (bicyclic) bond motifs is 2. The molecule has 2 saturated heterocycles. The summed E-state index contributed by atoms with van der Waals surface area (Å²) in [6.07, 6.45) is 16.7. The van der Waals surface area contributed by atoms with Crippen molar-refractivity contribution in [3.05, 3.63) is 12.2 Å². The Bertz CT molecular complexity index is 393. The van der Waals surface area contributed by atoms with Crippen molar-refractivity contribution in [3.8, 4) is 0 Å². The van der Waals surface area contributed by atoms with Gasteiger partial charge in [-0.3, -0.25) is 4.79 Å². The maximum absolute atomic E-state index is 10.5. The third kappa shape index (κ3) is 6.21. The number of ether oxygens (including phenoxy) is 2. The summed E-state index contributed by atoms with van der Waals surface area (Å²) in [6.45, 7) is 3.10. The molecule has 0 radical (unpaired) electrons. The molecule has 0 aromatic heterocycles. The van der Waals surface area contributed by atoms with Crippen molar-refractivity contribution in [3.63, 3.8) is 0 Å². The predicted octanol–water partition coefficient (Wildman–Crippen LogP) is 4.72. The van der Waals surface area contributed by atoms with Gasteiger partial charge in [0.2, 0.25) is 0 Å². The Kier molecular flexibility index (Phi) is 8.82. The molecule has 0 aromatic rings. The van der Waals surface area contributed by atoms with Crippen LogP contribution in [0.4, 0.5) is 0 Å². The molecule has 0 unspecified atom stereocenters. The fraction of sp³-hybridized carbons (Fsp3) is 0.850. The van der Waals surface area contributed by atoms with E-state index in [0.29, 0.717) is 18.1 Å². The van der Waals surface area contributed by atoms with Gasteiger partial charge in [0, 0.05) is 18.9 Å². The monoisotopic (exact) mass is 338 g/mol. The summed E-state index contributed by atoms with van der Waals surface area (Å²) >= 11 is 0. The van der Waals surface area contributed by atoms with Crippen molar-refractivity contribution in [2.75, 3.05) is 6.61 Å². The summed E-state index contributed by atoms with van der Waals surface area (Å²) in [5.41, 5.74) is 0. The SMILES string of the molecule is CCCCCCCO[C@H]1[C@H](CC=CCCCC(=O)O)[C@@H]2CC[C@H]1O2. The standard InChI is InChI=1S/C20H34O4/c1-2-3-4-7-10-15-23-20-16(17-13-14-18(20)24-17)11-8-5-6-9-12-19(21)22/h5,8,16-18,20H,2-4,6-7,9-15H2,1H3,(H,21,22)/t16-,17+,18-,20+/m1/s1. The van der Waals surface area contributed by atoms with E-state index < -0.39 is 5.97 Å². The first-order valence-electron chi connectivity index (χ1n) is 9.86. The lowest BCUT2D eigenvalue weighted by atomic mass is 9.84. The van der Waals surface area contributed by atoms with Crippen molar-refractivity contribution in [1.29, 1.82) is 0 Å². The molecule has 138 valence electrons. The predicted molar refractivity (Wildman–Crippen MR) is 95.1 cm³/mol. The zero-order valence-corrected chi connectivity index (χ0v) is 15.1. The normalized spacial score (nSPS) is 28.9. The number of hydrogen-bond donors (Lipinski definition) is 1. The van der Waals surface area contributed by atoms with Crippen LogP contribution in [0.5, 0.6) is 0 Å². The number of carbonyl (C=O) groups is 1. The maximum Gasteiger partial charge on any atom is 0.303 e. The quantitative estimate of drug-likeness (QED) is 0.390. The van der Waals surface area contributed by atoms with Crippen LogP contribution in [0.3, 0.4) is 0 Å². The van der Waals surface area contributed by atoms with Crippen molar-refractivity contribution < 1.29 is 19.4 Å². The van der Waals surface area contributed by atoms with Gasteiger partial charge in [-0.1, -0.05) is 44.8 Å². The molecule has 0 saturated carbocycles. The molecule has 0 amide bonds. The highest BCUT2D eigenvalue weighted by atomic mass is 16.6. The summed E-state index contributed by atoms with van der Waals surface area (Å²) in [6, 6.07) is 0. The largest absolute Gasteiger partial charge is 0.481 e. The van der Waals surface area contributed by atoms with Crippen molar-refractivity contribution in [2.45, 2.75) is 95.9 Å². The third-order valence-electron chi connectivity index (χ3n) is 5.25. The van der Waals surface area contributed by atoms with Crippen LogP contribution >= 0.6 is 0 Å². The van der Waals surface area contributed by atoms with E-state index in [-0.39, 0.29) is 12.5 Å². The molecule has 4 nitrogen and oxygen atoms in total. The highest BCUT2D eigenvalue weighted by molar-refractivity contribution is 5.66. The molecule has 0 aromatic carbocycles. The van der Waals surface area contributed by atoms with Crippen LogP contribution in [0.25, 0.3) is 0 Å². The lowest BCUT2D eigenvalue weighted by Crippen LogP contribution is -2.34. The zero-order valence-electron chi connectivity index (χ0n) is 15.1. The molecule has 2 aliphatic heterocycles. The smallest absolute Gasteiger partial charge is 0.303 e. The second kappa shape index (κ2) is 10.9. The molecular formula is C20H34O4. The second-order valence-electron chi connectivity index (χ2n) is 7.20. The van der Waals surface area contributed by atoms with Gasteiger partial charge < -0.3 is 14.6 Å². The Morgan fingerprint density at radius 1 is 1.12 bits per heavy atom. The summed E-state index contributed by atoms with van der Waals surface area (Å²) in [4.78, 5) is 10.5. The zero-order chi connectivity index (χ0) is 17.2. The number of hydrogen-bond acceptors (Lipinski definition) is 3. The molecule has 2 rings (SSSR count). The van der Waals surface area contributed by atoms with Crippen LogP contribution < -0.4 is 0 Å². The molecular weight excluding hydrogens is 304 g/mol.